The molecule has 2 rings (SSSR count). The summed E-state index contributed by atoms with van der Waals surface area (Å²) in [5.41, 5.74) is 5.18. The predicted octanol–water partition coefficient (Wildman–Crippen LogP) is 6.44. The Morgan fingerprint density at radius 1 is 0.714 bits per heavy atom. The van der Waals surface area contributed by atoms with Crippen LogP contribution in [0.15, 0.2) is 48.5 Å². The number of rotatable bonds is 3. The molecule has 0 radical (unpaired) electrons. The minimum absolute atomic E-state index is 0.0831. The summed E-state index contributed by atoms with van der Waals surface area (Å²) < 4.78 is 0. The number of hydrogen-bond donors (Lipinski definition) is 0. The molecule has 0 aromatic heterocycles. The predicted molar refractivity (Wildman–Crippen MR) is 93.4 cm³/mol. The van der Waals surface area contributed by atoms with Gasteiger partial charge in [-0.05, 0) is 33.6 Å². The molecule has 0 heterocycles. The Labute approximate surface area is 134 Å². The van der Waals surface area contributed by atoms with E-state index in [0.717, 1.165) is 11.1 Å². The first kappa shape index (κ1) is 16.1. The van der Waals surface area contributed by atoms with Crippen LogP contribution < -0.4 is 0 Å². The van der Waals surface area contributed by atoms with E-state index in [1.165, 1.54) is 11.1 Å². The van der Waals surface area contributed by atoms with E-state index in [9.17, 15) is 0 Å². The highest BCUT2D eigenvalue weighted by Gasteiger charge is 2.15. The number of benzene rings is 2. The Hall–Kier alpha value is -1.27. The average molecular weight is 301 g/mol. The lowest BCUT2D eigenvalue weighted by atomic mass is 9.86. The van der Waals surface area contributed by atoms with Crippen LogP contribution in [0, 0.1) is 0 Å². The zero-order valence-corrected chi connectivity index (χ0v) is 14.4. The summed E-state index contributed by atoms with van der Waals surface area (Å²) in [5.74, 6) is 0.555. The van der Waals surface area contributed by atoms with Crippen molar-refractivity contribution in [1.82, 2.24) is 0 Å². The molecule has 0 spiro atoms. The molecule has 21 heavy (non-hydrogen) atoms. The zero-order valence-electron chi connectivity index (χ0n) is 13.7. The van der Waals surface area contributed by atoms with Crippen LogP contribution >= 0.6 is 11.6 Å². The molecule has 0 saturated heterocycles. The summed E-state index contributed by atoms with van der Waals surface area (Å²) in [6.07, 6.45) is 0. The van der Waals surface area contributed by atoms with Crippen LogP contribution in [0.3, 0.4) is 0 Å². The van der Waals surface area contributed by atoms with Crippen molar-refractivity contribution < 1.29 is 0 Å². The van der Waals surface area contributed by atoms with Gasteiger partial charge in [0.2, 0.25) is 0 Å². The van der Waals surface area contributed by atoms with Gasteiger partial charge in [-0.25, -0.2) is 0 Å². The molecule has 0 aliphatic heterocycles. The van der Waals surface area contributed by atoms with Gasteiger partial charge in [-0.3, -0.25) is 0 Å². The minimum atomic E-state index is -0.0831. The van der Waals surface area contributed by atoms with E-state index in [0.29, 0.717) is 5.92 Å². The molecule has 0 amide bonds. The fourth-order valence-corrected chi connectivity index (χ4v) is 2.69. The first-order chi connectivity index (χ1) is 9.79. The van der Waals surface area contributed by atoms with Crippen LogP contribution in [0.25, 0.3) is 0 Å². The first-order valence-electron chi connectivity index (χ1n) is 7.63. The van der Waals surface area contributed by atoms with E-state index in [1.807, 2.05) is 0 Å². The number of halogens is 1. The summed E-state index contributed by atoms with van der Waals surface area (Å²) in [5, 5.41) is -0.0831. The highest BCUT2D eigenvalue weighted by atomic mass is 35.5. The van der Waals surface area contributed by atoms with Gasteiger partial charge in [0.15, 0.2) is 0 Å². The van der Waals surface area contributed by atoms with Gasteiger partial charge >= 0.3 is 0 Å². The third-order valence-corrected chi connectivity index (χ3v) is 4.47. The van der Waals surface area contributed by atoms with Gasteiger partial charge < -0.3 is 0 Å². The summed E-state index contributed by atoms with van der Waals surface area (Å²) in [4.78, 5) is 0. The Bertz CT molecular complexity index is 571. The second kappa shape index (κ2) is 6.23. The van der Waals surface area contributed by atoms with E-state index in [-0.39, 0.29) is 10.8 Å². The van der Waals surface area contributed by atoms with Crippen molar-refractivity contribution in [2.75, 3.05) is 0 Å². The smallest absolute Gasteiger partial charge is 0.0835 e. The van der Waals surface area contributed by atoms with Crippen molar-refractivity contribution in [3.63, 3.8) is 0 Å². The van der Waals surface area contributed by atoms with Crippen molar-refractivity contribution >= 4 is 11.6 Å². The molecule has 0 N–H and O–H groups in total. The van der Waals surface area contributed by atoms with Crippen molar-refractivity contribution in [2.24, 2.45) is 0 Å². The van der Waals surface area contributed by atoms with Gasteiger partial charge in [0.25, 0.3) is 0 Å². The molecule has 0 nitrogen and oxygen atoms in total. The molecule has 0 saturated carbocycles. The molecule has 2 aromatic carbocycles. The lowest BCUT2D eigenvalue weighted by molar-refractivity contribution is 0.590. The van der Waals surface area contributed by atoms with Crippen LogP contribution in [0.5, 0.6) is 0 Å². The molecular formula is C20H25Cl. The van der Waals surface area contributed by atoms with E-state index in [2.05, 4.69) is 83.1 Å². The molecule has 0 aliphatic rings. The van der Waals surface area contributed by atoms with Crippen LogP contribution in [-0.2, 0) is 5.41 Å². The van der Waals surface area contributed by atoms with Gasteiger partial charge in [0.05, 0.1) is 5.38 Å². The lowest BCUT2D eigenvalue weighted by Crippen LogP contribution is -2.10. The Kier molecular flexibility index (Phi) is 4.78. The summed E-state index contributed by atoms with van der Waals surface area (Å²) in [6, 6.07) is 17.3. The summed E-state index contributed by atoms with van der Waals surface area (Å²) >= 11 is 6.63. The normalized spacial score (nSPS) is 13.5. The van der Waals surface area contributed by atoms with Crippen molar-refractivity contribution in [2.45, 2.75) is 51.3 Å². The molecule has 1 unspecified atom stereocenters. The highest BCUT2D eigenvalue weighted by Crippen LogP contribution is 2.31. The second-order valence-corrected chi connectivity index (χ2v) is 7.49. The van der Waals surface area contributed by atoms with Crippen molar-refractivity contribution in [1.29, 1.82) is 0 Å². The standard InChI is InChI=1S/C20H25Cl/c1-14(2)15-6-8-16(9-7-15)19(21)17-10-12-18(13-11-17)20(3,4)5/h6-14,19H,1-5H3. The maximum atomic E-state index is 6.63. The zero-order chi connectivity index (χ0) is 15.6. The first-order valence-corrected chi connectivity index (χ1v) is 8.07. The van der Waals surface area contributed by atoms with E-state index < -0.39 is 0 Å². The Morgan fingerprint density at radius 3 is 1.48 bits per heavy atom. The molecule has 0 aliphatic carbocycles. The summed E-state index contributed by atoms with van der Waals surface area (Å²) in [7, 11) is 0. The maximum absolute atomic E-state index is 6.63. The Balaban J connectivity index is 2.21. The maximum Gasteiger partial charge on any atom is 0.0835 e. The largest absolute Gasteiger partial charge is 0.113 e. The summed E-state index contributed by atoms with van der Waals surface area (Å²) in [6.45, 7) is 11.1. The van der Waals surface area contributed by atoms with Crippen LogP contribution in [0.1, 0.15) is 68.2 Å². The van der Waals surface area contributed by atoms with Gasteiger partial charge in [0.1, 0.15) is 0 Å². The van der Waals surface area contributed by atoms with Crippen LogP contribution in [-0.4, -0.2) is 0 Å². The van der Waals surface area contributed by atoms with E-state index in [4.69, 9.17) is 11.6 Å². The molecule has 0 bridgehead atoms. The number of alkyl halides is 1. The molecular weight excluding hydrogens is 276 g/mol. The Morgan fingerprint density at radius 2 is 1.10 bits per heavy atom. The molecule has 0 fully saturated rings. The van der Waals surface area contributed by atoms with Crippen LogP contribution in [0.4, 0.5) is 0 Å². The van der Waals surface area contributed by atoms with Gasteiger partial charge in [-0.1, -0.05) is 83.1 Å². The third kappa shape index (κ3) is 3.89. The SMILES string of the molecule is CC(C)c1ccc(C(Cl)c2ccc(C(C)(C)C)cc2)cc1. The quantitative estimate of drug-likeness (QED) is 0.572. The molecule has 2 aromatic rings. The van der Waals surface area contributed by atoms with E-state index in [1.54, 1.807) is 0 Å². The molecule has 1 heteroatoms. The van der Waals surface area contributed by atoms with Gasteiger partial charge in [0, 0.05) is 0 Å². The van der Waals surface area contributed by atoms with Gasteiger partial charge in [-0.2, -0.15) is 0 Å². The fourth-order valence-electron chi connectivity index (χ4n) is 2.39. The monoisotopic (exact) mass is 300 g/mol. The van der Waals surface area contributed by atoms with Gasteiger partial charge in [-0.15, -0.1) is 11.6 Å². The molecule has 1 atom stereocenters. The average Bonchev–Trinajstić information content (AvgIpc) is 2.46. The fraction of sp³-hybridized carbons (Fsp3) is 0.400. The van der Waals surface area contributed by atoms with E-state index >= 15 is 0 Å². The van der Waals surface area contributed by atoms with Crippen LogP contribution in [0.2, 0.25) is 0 Å². The number of hydrogen-bond acceptors (Lipinski definition) is 0. The minimum Gasteiger partial charge on any atom is -0.113 e. The second-order valence-electron chi connectivity index (χ2n) is 7.06. The third-order valence-electron chi connectivity index (χ3n) is 3.97. The highest BCUT2D eigenvalue weighted by molar-refractivity contribution is 6.22. The topological polar surface area (TPSA) is 0 Å². The lowest BCUT2D eigenvalue weighted by Gasteiger charge is -2.20. The molecule has 112 valence electrons. The van der Waals surface area contributed by atoms with Crippen molar-refractivity contribution in [3.05, 3.63) is 70.8 Å². The van der Waals surface area contributed by atoms with Crippen molar-refractivity contribution in [3.8, 4) is 0 Å².